The lowest BCUT2D eigenvalue weighted by Crippen LogP contribution is -2.40. The van der Waals surface area contributed by atoms with Gasteiger partial charge in [-0.2, -0.15) is 0 Å². The third kappa shape index (κ3) is 6.17. The monoisotopic (exact) mass is 496 g/mol. The van der Waals surface area contributed by atoms with Gasteiger partial charge in [0.05, 0.1) is 0 Å². The summed E-state index contributed by atoms with van der Waals surface area (Å²) in [5.74, 6) is 0.606. The van der Waals surface area contributed by atoms with E-state index in [-0.39, 0.29) is 35.2 Å². The van der Waals surface area contributed by atoms with Crippen LogP contribution in [0.15, 0.2) is 53.5 Å². The molecule has 0 bridgehead atoms. The molecular formula is C22H30FIN4. The normalized spacial score (nSPS) is 15.1. The van der Waals surface area contributed by atoms with Gasteiger partial charge >= 0.3 is 0 Å². The molecule has 0 atom stereocenters. The van der Waals surface area contributed by atoms with Gasteiger partial charge < -0.3 is 15.5 Å². The highest BCUT2D eigenvalue weighted by atomic mass is 127. The third-order valence-corrected chi connectivity index (χ3v) is 5.06. The van der Waals surface area contributed by atoms with Gasteiger partial charge in [-0.3, -0.25) is 4.99 Å². The molecule has 0 aromatic heterocycles. The van der Waals surface area contributed by atoms with Gasteiger partial charge in [0.15, 0.2) is 5.96 Å². The van der Waals surface area contributed by atoms with Crippen LogP contribution in [0, 0.1) is 5.82 Å². The largest absolute Gasteiger partial charge is 0.356 e. The number of hydrogen-bond acceptors (Lipinski definition) is 2. The van der Waals surface area contributed by atoms with Gasteiger partial charge in [0.2, 0.25) is 0 Å². The highest BCUT2D eigenvalue weighted by Crippen LogP contribution is 2.47. The zero-order valence-corrected chi connectivity index (χ0v) is 19.2. The first-order chi connectivity index (χ1) is 13.0. The Kier molecular flexibility index (Phi) is 8.24. The molecule has 2 aromatic carbocycles. The fourth-order valence-corrected chi connectivity index (χ4v) is 3.40. The van der Waals surface area contributed by atoms with Gasteiger partial charge in [-0.15, -0.1) is 24.0 Å². The Morgan fingerprint density at radius 1 is 1.07 bits per heavy atom. The molecular weight excluding hydrogens is 466 g/mol. The van der Waals surface area contributed by atoms with E-state index in [0.29, 0.717) is 6.54 Å². The smallest absolute Gasteiger partial charge is 0.191 e. The van der Waals surface area contributed by atoms with Crippen LogP contribution >= 0.6 is 24.0 Å². The van der Waals surface area contributed by atoms with Gasteiger partial charge in [0, 0.05) is 32.1 Å². The van der Waals surface area contributed by atoms with Crippen molar-refractivity contribution in [2.45, 2.75) is 31.3 Å². The average molecular weight is 496 g/mol. The molecule has 4 nitrogen and oxygen atoms in total. The van der Waals surface area contributed by atoms with Crippen LogP contribution in [0.25, 0.3) is 0 Å². The van der Waals surface area contributed by atoms with Gasteiger partial charge in [0.25, 0.3) is 0 Å². The maximum atomic E-state index is 13.6. The summed E-state index contributed by atoms with van der Waals surface area (Å²) in [4.78, 5) is 6.49. The summed E-state index contributed by atoms with van der Waals surface area (Å²) >= 11 is 0. The predicted octanol–water partition coefficient (Wildman–Crippen LogP) is 3.90. The van der Waals surface area contributed by atoms with E-state index in [1.807, 2.05) is 6.07 Å². The lowest BCUT2D eigenvalue weighted by molar-refractivity contribution is 0.402. The summed E-state index contributed by atoms with van der Waals surface area (Å²) in [5.41, 5.74) is 3.63. The van der Waals surface area contributed by atoms with Crippen LogP contribution < -0.4 is 10.6 Å². The molecule has 2 N–H and O–H groups in total. The Morgan fingerprint density at radius 2 is 1.79 bits per heavy atom. The van der Waals surface area contributed by atoms with Crippen LogP contribution in [0.5, 0.6) is 0 Å². The first kappa shape index (κ1) is 22.6. The van der Waals surface area contributed by atoms with E-state index in [1.165, 1.54) is 17.2 Å². The average Bonchev–Trinajstić information content (AvgIpc) is 3.43. The SMILES string of the molecule is CN=C(NCc1cccc(CN(C)C)c1)NCC1(c2cccc(F)c2)CC1.I. The summed E-state index contributed by atoms with van der Waals surface area (Å²) in [6, 6.07) is 15.5. The fraction of sp³-hybridized carbons (Fsp3) is 0.409. The Labute approximate surface area is 184 Å². The van der Waals surface area contributed by atoms with Crippen LogP contribution in [0.2, 0.25) is 0 Å². The molecule has 2 aromatic rings. The van der Waals surface area contributed by atoms with Crippen molar-refractivity contribution in [2.24, 2.45) is 4.99 Å². The van der Waals surface area contributed by atoms with Crippen LogP contribution in [-0.4, -0.2) is 38.5 Å². The first-order valence-electron chi connectivity index (χ1n) is 9.44. The molecule has 0 unspecified atom stereocenters. The number of nitrogens with zero attached hydrogens (tertiary/aromatic N) is 2. The van der Waals surface area contributed by atoms with Gasteiger partial charge in [0.1, 0.15) is 5.82 Å². The van der Waals surface area contributed by atoms with Crippen molar-refractivity contribution >= 4 is 29.9 Å². The second-order valence-corrected chi connectivity index (χ2v) is 7.63. The number of halogens is 2. The molecule has 3 rings (SSSR count). The molecule has 152 valence electrons. The highest BCUT2D eigenvalue weighted by Gasteiger charge is 2.44. The Balaban J connectivity index is 0.00000280. The number of nitrogens with one attached hydrogen (secondary N) is 2. The third-order valence-electron chi connectivity index (χ3n) is 5.06. The van der Waals surface area contributed by atoms with Crippen molar-refractivity contribution in [3.8, 4) is 0 Å². The van der Waals surface area contributed by atoms with E-state index < -0.39 is 0 Å². The number of aliphatic imine (C=N–C) groups is 1. The molecule has 0 spiro atoms. The molecule has 0 radical (unpaired) electrons. The molecule has 1 aliphatic carbocycles. The summed E-state index contributed by atoms with van der Waals surface area (Å²) in [6.07, 6.45) is 2.15. The quantitative estimate of drug-likeness (QED) is 0.347. The van der Waals surface area contributed by atoms with Crippen molar-refractivity contribution in [3.05, 3.63) is 71.0 Å². The lowest BCUT2D eigenvalue weighted by atomic mass is 9.96. The minimum absolute atomic E-state index is 0. The van der Waals surface area contributed by atoms with E-state index in [0.717, 1.165) is 37.5 Å². The van der Waals surface area contributed by atoms with Crippen LogP contribution in [-0.2, 0) is 18.5 Å². The van der Waals surface area contributed by atoms with Crippen LogP contribution in [0.1, 0.15) is 29.5 Å². The predicted molar refractivity (Wildman–Crippen MR) is 125 cm³/mol. The minimum atomic E-state index is -0.168. The van der Waals surface area contributed by atoms with E-state index in [2.05, 4.69) is 58.9 Å². The lowest BCUT2D eigenvalue weighted by Gasteiger charge is -2.19. The molecule has 0 saturated heterocycles. The van der Waals surface area contributed by atoms with Crippen molar-refractivity contribution in [1.29, 1.82) is 0 Å². The van der Waals surface area contributed by atoms with Gasteiger partial charge in [-0.05, 0) is 55.8 Å². The summed E-state index contributed by atoms with van der Waals surface area (Å²) in [6.45, 7) is 2.40. The fourth-order valence-electron chi connectivity index (χ4n) is 3.40. The van der Waals surface area contributed by atoms with Gasteiger partial charge in [-0.25, -0.2) is 4.39 Å². The van der Waals surface area contributed by atoms with Crippen molar-refractivity contribution < 1.29 is 4.39 Å². The second-order valence-electron chi connectivity index (χ2n) is 7.63. The number of benzene rings is 2. The number of guanidine groups is 1. The Bertz CT molecular complexity index is 803. The molecule has 1 saturated carbocycles. The molecule has 1 aliphatic rings. The maximum Gasteiger partial charge on any atom is 0.191 e. The van der Waals surface area contributed by atoms with Gasteiger partial charge in [-0.1, -0.05) is 36.4 Å². The Hall–Kier alpha value is -1.67. The standard InChI is InChI=1S/C22H29FN4.HI/c1-24-21(25-14-17-6-4-7-18(12-17)15-27(2)3)26-16-22(10-11-22)19-8-5-9-20(23)13-19;/h4-9,12-13H,10-11,14-16H2,1-3H3,(H2,24,25,26);1H. The summed E-state index contributed by atoms with van der Waals surface area (Å²) < 4.78 is 13.6. The number of rotatable bonds is 7. The van der Waals surface area contributed by atoms with Crippen molar-refractivity contribution in [3.63, 3.8) is 0 Å². The first-order valence-corrected chi connectivity index (χ1v) is 9.44. The van der Waals surface area contributed by atoms with E-state index >= 15 is 0 Å². The molecule has 0 heterocycles. The van der Waals surface area contributed by atoms with Crippen molar-refractivity contribution in [1.82, 2.24) is 15.5 Å². The molecule has 6 heteroatoms. The van der Waals surface area contributed by atoms with E-state index in [1.54, 1.807) is 19.2 Å². The van der Waals surface area contributed by atoms with Crippen LogP contribution in [0.3, 0.4) is 0 Å². The minimum Gasteiger partial charge on any atom is -0.356 e. The highest BCUT2D eigenvalue weighted by molar-refractivity contribution is 14.0. The van der Waals surface area contributed by atoms with Crippen molar-refractivity contribution in [2.75, 3.05) is 27.7 Å². The molecule has 28 heavy (non-hydrogen) atoms. The van der Waals surface area contributed by atoms with E-state index in [4.69, 9.17) is 0 Å². The maximum absolute atomic E-state index is 13.6. The summed E-state index contributed by atoms with van der Waals surface area (Å²) in [5, 5.41) is 6.80. The zero-order chi connectivity index (χ0) is 19.3. The molecule has 0 aliphatic heterocycles. The number of hydrogen-bond donors (Lipinski definition) is 2. The molecule has 0 amide bonds. The zero-order valence-electron chi connectivity index (χ0n) is 16.8. The van der Waals surface area contributed by atoms with E-state index in [9.17, 15) is 4.39 Å². The molecule has 1 fully saturated rings. The topological polar surface area (TPSA) is 39.7 Å². The Morgan fingerprint density at radius 3 is 2.43 bits per heavy atom. The van der Waals surface area contributed by atoms with Crippen LogP contribution in [0.4, 0.5) is 4.39 Å². The second kappa shape index (κ2) is 10.2. The summed E-state index contributed by atoms with van der Waals surface area (Å²) in [7, 11) is 5.92.